The lowest BCUT2D eigenvalue weighted by atomic mass is 9.90. The van der Waals surface area contributed by atoms with Crippen molar-refractivity contribution in [2.45, 2.75) is 39.2 Å². The summed E-state index contributed by atoms with van der Waals surface area (Å²) in [4.78, 5) is 30.5. The molecule has 2 unspecified atom stereocenters. The average molecular weight is 360 g/mol. The molecule has 1 aliphatic heterocycles. The summed E-state index contributed by atoms with van der Waals surface area (Å²) >= 11 is 0. The van der Waals surface area contributed by atoms with Gasteiger partial charge < -0.3 is 14.4 Å². The molecule has 0 saturated carbocycles. The highest BCUT2D eigenvalue weighted by Gasteiger charge is 2.38. The van der Waals surface area contributed by atoms with E-state index in [9.17, 15) is 9.59 Å². The largest absolute Gasteiger partial charge is 0.466 e. The van der Waals surface area contributed by atoms with Gasteiger partial charge in [-0.1, -0.05) is 6.07 Å². The normalized spacial score (nSPS) is 21.1. The lowest BCUT2D eigenvalue weighted by Crippen LogP contribution is -2.24. The number of aromatic nitrogens is 1. The summed E-state index contributed by atoms with van der Waals surface area (Å²) in [7, 11) is 2.00. The highest BCUT2D eigenvalue weighted by Crippen LogP contribution is 2.32. The van der Waals surface area contributed by atoms with Crippen molar-refractivity contribution in [3.05, 3.63) is 35.7 Å². The smallest absolute Gasteiger partial charge is 0.331 e. The molecule has 142 valence electrons. The predicted molar refractivity (Wildman–Crippen MR) is 99.5 cm³/mol. The number of pyridine rings is 1. The molecule has 0 N–H and O–H groups in total. The molecule has 1 saturated heterocycles. The fourth-order valence-corrected chi connectivity index (χ4v) is 3.05. The van der Waals surface area contributed by atoms with Crippen LogP contribution in [-0.2, 0) is 19.1 Å². The molecule has 2 atom stereocenters. The summed E-state index contributed by atoms with van der Waals surface area (Å²) in [5, 5.41) is 0. The van der Waals surface area contributed by atoms with Crippen LogP contribution in [-0.4, -0.2) is 54.2 Å². The van der Waals surface area contributed by atoms with Crippen molar-refractivity contribution in [3.63, 3.8) is 0 Å². The first kappa shape index (κ1) is 20.1. The van der Waals surface area contributed by atoms with Crippen molar-refractivity contribution in [1.29, 1.82) is 0 Å². The summed E-state index contributed by atoms with van der Waals surface area (Å²) in [5.74, 6) is -0.667. The number of carbonyl (C=O) groups is 2. The number of esters is 2. The van der Waals surface area contributed by atoms with Gasteiger partial charge in [-0.2, -0.15) is 0 Å². The molecule has 0 aromatic carbocycles. The molecular formula is C20H28N2O4. The molecule has 1 aromatic heterocycles. The van der Waals surface area contributed by atoms with Crippen LogP contribution in [0.25, 0.3) is 6.08 Å². The molecule has 0 aliphatic carbocycles. The second-order valence-electron chi connectivity index (χ2n) is 7.57. The quantitative estimate of drug-likeness (QED) is 0.594. The summed E-state index contributed by atoms with van der Waals surface area (Å²) in [6.45, 7) is 9.15. The van der Waals surface area contributed by atoms with Crippen LogP contribution in [0.15, 0.2) is 24.4 Å². The Morgan fingerprint density at radius 1 is 1.31 bits per heavy atom. The number of carbonyl (C=O) groups excluding carboxylic acids is 2. The van der Waals surface area contributed by atoms with Gasteiger partial charge in [0.25, 0.3) is 0 Å². The Morgan fingerprint density at radius 2 is 2.04 bits per heavy atom. The van der Waals surface area contributed by atoms with Gasteiger partial charge in [-0.15, -0.1) is 0 Å². The van der Waals surface area contributed by atoms with Gasteiger partial charge >= 0.3 is 11.9 Å². The number of nitrogens with zero attached hydrogens (tertiary/aromatic N) is 2. The third-order valence-corrected chi connectivity index (χ3v) is 4.13. The van der Waals surface area contributed by atoms with Gasteiger partial charge in [-0.05, 0) is 52.4 Å². The van der Waals surface area contributed by atoms with E-state index in [4.69, 9.17) is 9.47 Å². The van der Waals surface area contributed by atoms with Crippen LogP contribution in [0.4, 0.5) is 0 Å². The van der Waals surface area contributed by atoms with Crippen LogP contribution < -0.4 is 0 Å². The number of likely N-dealkylation sites (N-methyl/N-ethyl adjacent to an activating group) is 1. The minimum absolute atomic E-state index is 0.0652. The van der Waals surface area contributed by atoms with Crippen LogP contribution in [0.5, 0.6) is 0 Å². The van der Waals surface area contributed by atoms with E-state index in [2.05, 4.69) is 9.88 Å². The van der Waals surface area contributed by atoms with Crippen molar-refractivity contribution in [2.75, 3.05) is 26.7 Å². The third kappa shape index (κ3) is 5.66. The maximum Gasteiger partial charge on any atom is 0.331 e. The molecule has 0 radical (unpaired) electrons. The molecule has 2 rings (SSSR count). The minimum Gasteiger partial charge on any atom is -0.466 e. The Bertz CT molecular complexity index is 661. The first-order valence-electron chi connectivity index (χ1n) is 8.92. The van der Waals surface area contributed by atoms with Crippen molar-refractivity contribution in [2.24, 2.45) is 5.92 Å². The van der Waals surface area contributed by atoms with E-state index in [1.165, 1.54) is 6.08 Å². The maximum absolute atomic E-state index is 12.2. The number of likely N-dealkylation sites (tertiary alicyclic amines) is 1. The van der Waals surface area contributed by atoms with Crippen LogP contribution in [0.1, 0.15) is 44.9 Å². The first-order chi connectivity index (χ1) is 12.2. The van der Waals surface area contributed by atoms with Crippen LogP contribution in [0.2, 0.25) is 0 Å². The van der Waals surface area contributed by atoms with E-state index in [1.807, 2.05) is 46.9 Å². The zero-order chi connectivity index (χ0) is 19.3. The predicted octanol–water partition coefficient (Wildman–Crippen LogP) is 2.64. The Kier molecular flexibility index (Phi) is 6.53. The summed E-state index contributed by atoms with van der Waals surface area (Å²) in [6.07, 6.45) is 4.77. The molecule has 6 heteroatoms. The zero-order valence-electron chi connectivity index (χ0n) is 16.2. The number of rotatable bonds is 5. The Labute approximate surface area is 155 Å². The van der Waals surface area contributed by atoms with Crippen molar-refractivity contribution in [1.82, 2.24) is 9.88 Å². The fourth-order valence-electron chi connectivity index (χ4n) is 3.05. The van der Waals surface area contributed by atoms with Crippen molar-refractivity contribution < 1.29 is 19.1 Å². The standard InChI is InChI=1S/C20H28N2O4/c1-6-25-19(24)17-13-22(5)12-16(17)14-7-8-15(21-11-14)9-10-18(23)26-20(2,3)4/h7-11,16-17H,6,12-13H2,1-5H3. The van der Waals surface area contributed by atoms with E-state index >= 15 is 0 Å². The lowest BCUT2D eigenvalue weighted by molar-refractivity contribution is -0.149. The topological polar surface area (TPSA) is 68.7 Å². The molecule has 1 aliphatic rings. The summed E-state index contributed by atoms with van der Waals surface area (Å²) < 4.78 is 10.4. The summed E-state index contributed by atoms with van der Waals surface area (Å²) in [6, 6.07) is 3.80. The molecule has 2 heterocycles. The van der Waals surface area contributed by atoms with Crippen molar-refractivity contribution >= 4 is 18.0 Å². The molecule has 1 fully saturated rings. The monoisotopic (exact) mass is 360 g/mol. The van der Waals surface area contributed by atoms with Crippen molar-refractivity contribution in [3.8, 4) is 0 Å². The van der Waals surface area contributed by atoms with Gasteiger partial charge in [0.1, 0.15) is 5.60 Å². The average Bonchev–Trinajstić information content (AvgIpc) is 2.94. The third-order valence-electron chi connectivity index (χ3n) is 4.13. The summed E-state index contributed by atoms with van der Waals surface area (Å²) in [5.41, 5.74) is 1.15. The Morgan fingerprint density at radius 3 is 2.62 bits per heavy atom. The first-order valence-corrected chi connectivity index (χ1v) is 8.92. The van der Waals surface area contributed by atoms with E-state index < -0.39 is 11.6 Å². The molecule has 26 heavy (non-hydrogen) atoms. The molecule has 0 spiro atoms. The fraction of sp³-hybridized carbons (Fsp3) is 0.550. The van der Waals surface area contributed by atoms with E-state index in [0.717, 1.165) is 12.1 Å². The second-order valence-corrected chi connectivity index (χ2v) is 7.57. The van der Waals surface area contributed by atoms with Crippen LogP contribution >= 0.6 is 0 Å². The molecule has 0 amide bonds. The van der Waals surface area contributed by atoms with Crippen LogP contribution in [0, 0.1) is 5.92 Å². The van der Waals surface area contributed by atoms with Gasteiger partial charge in [0.05, 0.1) is 18.2 Å². The lowest BCUT2D eigenvalue weighted by Gasteiger charge is -2.18. The molecule has 0 bridgehead atoms. The number of ether oxygens (including phenoxy) is 2. The second kappa shape index (κ2) is 8.45. The highest BCUT2D eigenvalue weighted by molar-refractivity contribution is 5.87. The van der Waals surface area contributed by atoms with Gasteiger partial charge in [0.2, 0.25) is 0 Å². The van der Waals surface area contributed by atoms with Crippen LogP contribution in [0.3, 0.4) is 0 Å². The Balaban J connectivity index is 2.06. The number of hydrogen-bond acceptors (Lipinski definition) is 6. The molecule has 1 aromatic rings. The molecular weight excluding hydrogens is 332 g/mol. The SMILES string of the molecule is CCOC(=O)C1CN(C)CC1c1ccc(C=CC(=O)OC(C)(C)C)nc1. The minimum atomic E-state index is -0.519. The van der Waals surface area contributed by atoms with Gasteiger partial charge in [0.15, 0.2) is 0 Å². The number of hydrogen-bond donors (Lipinski definition) is 0. The molecule has 6 nitrogen and oxygen atoms in total. The van der Waals surface area contributed by atoms with E-state index in [0.29, 0.717) is 18.8 Å². The van der Waals surface area contributed by atoms with Gasteiger partial charge in [0, 0.05) is 31.3 Å². The van der Waals surface area contributed by atoms with E-state index in [-0.39, 0.29) is 17.8 Å². The maximum atomic E-state index is 12.2. The highest BCUT2D eigenvalue weighted by atomic mass is 16.6. The zero-order valence-corrected chi connectivity index (χ0v) is 16.2. The van der Waals surface area contributed by atoms with E-state index in [1.54, 1.807) is 12.3 Å². The van der Waals surface area contributed by atoms with Gasteiger partial charge in [-0.3, -0.25) is 9.78 Å². The van der Waals surface area contributed by atoms with Gasteiger partial charge in [-0.25, -0.2) is 4.79 Å². The Hall–Kier alpha value is -2.21.